The Morgan fingerprint density at radius 1 is 0.920 bits per heavy atom. The zero-order valence-electron chi connectivity index (χ0n) is 13.9. The minimum atomic E-state index is 0.0994. The summed E-state index contributed by atoms with van der Waals surface area (Å²) in [6, 6.07) is 15.6. The fourth-order valence-corrected chi connectivity index (χ4v) is 3.43. The lowest BCUT2D eigenvalue weighted by Gasteiger charge is -2.25. The molecular weight excluding hydrogens is 444 g/mol. The van der Waals surface area contributed by atoms with Crippen molar-refractivity contribution >= 4 is 49.2 Å². The molecule has 1 heterocycles. The fraction of sp³-hybridized carbons (Fsp3) is 0.300. The summed E-state index contributed by atoms with van der Waals surface area (Å²) < 4.78 is 2.00. The van der Waals surface area contributed by atoms with E-state index >= 15 is 0 Å². The number of hydrogen-bond acceptors (Lipinski definition) is 3. The first-order valence-corrected chi connectivity index (χ1v) is 10.1. The average Bonchev–Trinajstić information content (AvgIpc) is 2.90. The van der Waals surface area contributed by atoms with Gasteiger partial charge in [0.05, 0.1) is 6.54 Å². The smallest absolute Gasteiger partial charge is 0.182 e. The molecule has 0 unspecified atom stereocenters. The Kier molecular flexibility index (Phi) is 6.43. The van der Waals surface area contributed by atoms with Crippen LogP contribution >= 0.6 is 31.9 Å². The minimum Gasteiger partial charge on any atom is -0.322 e. The van der Waals surface area contributed by atoms with Crippen molar-refractivity contribution in [3.8, 4) is 0 Å². The largest absolute Gasteiger partial charge is 0.322 e. The highest BCUT2D eigenvalue weighted by Gasteiger charge is 2.19. The van der Waals surface area contributed by atoms with Crippen LogP contribution in [0, 0.1) is 0 Å². The molecular formula is C20H20Br2N2O. The topological polar surface area (TPSA) is 32.7 Å². The van der Waals surface area contributed by atoms with Gasteiger partial charge in [0.25, 0.3) is 0 Å². The normalized spacial score (nSPS) is 14.6. The first kappa shape index (κ1) is 18.3. The van der Waals surface area contributed by atoms with E-state index in [-0.39, 0.29) is 5.78 Å². The molecule has 0 aromatic heterocycles. The fourth-order valence-electron chi connectivity index (χ4n) is 2.90. The number of Topliss-reactive ketones (excluding diaryl/α,β-unsaturated/α-hetero) is 1. The zero-order valence-corrected chi connectivity index (χ0v) is 17.1. The highest BCUT2D eigenvalue weighted by Crippen LogP contribution is 2.22. The second kappa shape index (κ2) is 8.77. The van der Waals surface area contributed by atoms with Gasteiger partial charge in [-0.3, -0.25) is 9.79 Å². The summed E-state index contributed by atoms with van der Waals surface area (Å²) >= 11 is 6.89. The maximum atomic E-state index is 12.8. The lowest BCUT2D eigenvalue weighted by molar-refractivity contribution is 0.100. The third-order valence-electron chi connectivity index (χ3n) is 4.27. The van der Waals surface area contributed by atoms with Crippen LogP contribution in [-0.4, -0.2) is 24.7 Å². The predicted molar refractivity (Wildman–Crippen MR) is 111 cm³/mol. The van der Waals surface area contributed by atoms with Crippen molar-refractivity contribution in [3.63, 3.8) is 0 Å². The Hall–Kier alpha value is -1.46. The molecule has 0 aliphatic carbocycles. The molecule has 2 aromatic carbocycles. The van der Waals surface area contributed by atoms with Gasteiger partial charge < -0.3 is 4.90 Å². The number of carbonyl (C=O) groups is 1. The van der Waals surface area contributed by atoms with Crippen molar-refractivity contribution in [2.75, 3.05) is 18.0 Å². The van der Waals surface area contributed by atoms with Gasteiger partial charge in [0, 0.05) is 33.2 Å². The highest BCUT2D eigenvalue weighted by molar-refractivity contribution is 9.10. The molecule has 0 fully saturated rings. The van der Waals surface area contributed by atoms with Crippen LogP contribution in [0.15, 0.2) is 62.5 Å². The third kappa shape index (κ3) is 5.02. The summed E-state index contributed by atoms with van der Waals surface area (Å²) in [5.41, 5.74) is 1.73. The Morgan fingerprint density at radius 2 is 1.56 bits per heavy atom. The lowest BCUT2D eigenvalue weighted by atomic mass is 10.1. The molecule has 0 radical (unpaired) electrons. The van der Waals surface area contributed by atoms with Crippen LogP contribution in [0.2, 0.25) is 0 Å². The SMILES string of the molecule is O=C(CN(C1=NCCCCC1)c1ccc(Br)cc1)c1ccc(Br)cc1. The van der Waals surface area contributed by atoms with E-state index in [0.29, 0.717) is 6.54 Å². The standard InChI is InChI=1S/C20H20Br2N2O/c21-16-7-5-15(6-8-16)19(25)14-24(18-11-9-17(22)10-12-18)20-4-2-1-3-13-23-20/h5-12H,1-4,13-14H2. The van der Waals surface area contributed by atoms with Crippen LogP contribution in [-0.2, 0) is 0 Å². The number of halogens is 2. The van der Waals surface area contributed by atoms with E-state index in [1.807, 2.05) is 48.5 Å². The summed E-state index contributed by atoms with van der Waals surface area (Å²) in [7, 11) is 0. The maximum Gasteiger partial charge on any atom is 0.182 e. The van der Waals surface area contributed by atoms with Gasteiger partial charge in [-0.1, -0.05) is 50.4 Å². The van der Waals surface area contributed by atoms with Gasteiger partial charge >= 0.3 is 0 Å². The number of rotatable bonds is 4. The molecule has 3 rings (SSSR count). The molecule has 0 saturated carbocycles. The number of ketones is 1. The summed E-state index contributed by atoms with van der Waals surface area (Å²) in [6.07, 6.45) is 4.36. The molecule has 0 N–H and O–H groups in total. The number of anilines is 1. The molecule has 1 aliphatic rings. The Bertz CT molecular complexity index is 754. The molecule has 130 valence electrons. The second-order valence-corrected chi connectivity index (χ2v) is 7.93. The molecule has 1 aliphatic heterocycles. The molecule has 2 aromatic rings. The Labute approximate surface area is 165 Å². The molecule has 0 saturated heterocycles. The van der Waals surface area contributed by atoms with Crippen LogP contribution in [0.25, 0.3) is 0 Å². The van der Waals surface area contributed by atoms with Crippen LogP contribution in [0.5, 0.6) is 0 Å². The monoisotopic (exact) mass is 462 g/mol. The Balaban J connectivity index is 1.87. The van der Waals surface area contributed by atoms with Crippen molar-refractivity contribution in [1.29, 1.82) is 0 Å². The van der Waals surface area contributed by atoms with Gasteiger partial charge in [0.2, 0.25) is 0 Å². The van der Waals surface area contributed by atoms with Gasteiger partial charge in [-0.05, 0) is 49.2 Å². The first-order valence-electron chi connectivity index (χ1n) is 8.49. The van der Waals surface area contributed by atoms with E-state index < -0.39 is 0 Å². The van der Waals surface area contributed by atoms with Crippen molar-refractivity contribution in [2.45, 2.75) is 25.7 Å². The van der Waals surface area contributed by atoms with Gasteiger partial charge in [-0.25, -0.2) is 0 Å². The van der Waals surface area contributed by atoms with E-state index in [1.54, 1.807) is 0 Å². The summed E-state index contributed by atoms with van der Waals surface area (Å²) in [4.78, 5) is 19.6. The van der Waals surface area contributed by atoms with E-state index in [0.717, 1.165) is 51.8 Å². The highest BCUT2D eigenvalue weighted by atomic mass is 79.9. The number of nitrogens with zero attached hydrogens (tertiary/aromatic N) is 2. The van der Waals surface area contributed by atoms with Crippen molar-refractivity contribution in [1.82, 2.24) is 0 Å². The number of amidine groups is 1. The van der Waals surface area contributed by atoms with Crippen molar-refractivity contribution < 1.29 is 4.79 Å². The van der Waals surface area contributed by atoms with Crippen LogP contribution in [0.1, 0.15) is 36.0 Å². The van der Waals surface area contributed by atoms with Gasteiger partial charge in [-0.2, -0.15) is 0 Å². The van der Waals surface area contributed by atoms with Crippen LogP contribution in [0.3, 0.4) is 0 Å². The van der Waals surface area contributed by atoms with Gasteiger partial charge in [-0.15, -0.1) is 0 Å². The molecule has 0 amide bonds. The molecule has 0 atom stereocenters. The van der Waals surface area contributed by atoms with Crippen molar-refractivity contribution in [2.24, 2.45) is 4.99 Å². The minimum absolute atomic E-state index is 0.0994. The average molecular weight is 464 g/mol. The van der Waals surface area contributed by atoms with Crippen LogP contribution in [0.4, 0.5) is 5.69 Å². The van der Waals surface area contributed by atoms with E-state index in [9.17, 15) is 4.79 Å². The lowest BCUT2D eigenvalue weighted by Crippen LogP contribution is -2.35. The van der Waals surface area contributed by atoms with Gasteiger partial charge in [0.15, 0.2) is 5.78 Å². The third-order valence-corrected chi connectivity index (χ3v) is 5.33. The second-order valence-electron chi connectivity index (χ2n) is 6.10. The number of benzene rings is 2. The summed E-state index contributed by atoms with van der Waals surface area (Å²) in [5.74, 6) is 1.12. The number of hydrogen-bond donors (Lipinski definition) is 0. The summed E-state index contributed by atoms with van der Waals surface area (Å²) in [6.45, 7) is 1.15. The molecule has 3 nitrogen and oxygen atoms in total. The van der Waals surface area contributed by atoms with Gasteiger partial charge in [0.1, 0.15) is 5.84 Å². The maximum absolute atomic E-state index is 12.8. The van der Waals surface area contributed by atoms with E-state index in [1.165, 1.54) is 6.42 Å². The predicted octanol–water partition coefficient (Wildman–Crippen LogP) is 5.87. The van der Waals surface area contributed by atoms with E-state index in [2.05, 4.69) is 36.8 Å². The zero-order chi connectivity index (χ0) is 17.6. The molecule has 25 heavy (non-hydrogen) atoms. The van der Waals surface area contributed by atoms with Crippen molar-refractivity contribution in [3.05, 3.63) is 63.0 Å². The number of carbonyl (C=O) groups excluding carboxylic acids is 1. The Morgan fingerprint density at radius 3 is 2.24 bits per heavy atom. The van der Waals surface area contributed by atoms with Crippen LogP contribution < -0.4 is 4.90 Å². The molecule has 5 heteroatoms. The quantitative estimate of drug-likeness (QED) is 0.531. The van der Waals surface area contributed by atoms with E-state index in [4.69, 9.17) is 4.99 Å². The molecule has 0 bridgehead atoms. The molecule has 0 spiro atoms. The first-order chi connectivity index (χ1) is 12.1. The summed E-state index contributed by atoms with van der Waals surface area (Å²) in [5, 5.41) is 0. The number of aliphatic imine (C=N–C) groups is 1.